The van der Waals surface area contributed by atoms with E-state index in [1.807, 2.05) is 7.05 Å². The standard InChI is InChI=1S/C21H32N4.HI/c1-22-21(23-20-14-19(20)13-17-7-3-2-4-8-17)25-12-9-18(16-25)15-24-10-5-6-11-24;/h2-4,7-8,18-20H,5-6,9-16H2,1H3,(H,22,23);1H. The Balaban J connectivity index is 0.00000196. The molecule has 0 radical (unpaired) electrons. The second kappa shape index (κ2) is 9.40. The maximum Gasteiger partial charge on any atom is 0.193 e. The third kappa shape index (κ3) is 5.12. The van der Waals surface area contributed by atoms with Crippen LogP contribution in [0.1, 0.15) is 31.2 Å². The van der Waals surface area contributed by atoms with Gasteiger partial charge < -0.3 is 15.1 Å². The van der Waals surface area contributed by atoms with Crippen LogP contribution in [0.25, 0.3) is 0 Å². The molecule has 5 heteroatoms. The molecule has 3 unspecified atom stereocenters. The predicted molar refractivity (Wildman–Crippen MR) is 119 cm³/mol. The molecule has 2 saturated heterocycles. The van der Waals surface area contributed by atoms with E-state index in [0.29, 0.717) is 6.04 Å². The molecule has 1 saturated carbocycles. The molecule has 4 rings (SSSR count). The number of nitrogens with zero attached hydrogens (tertiary/aromatic N) is 3. The van der Waals surface area contributed by atoms with Crippen molar-refractivity contribution in [3.05, 3.63) is 35.9 Å². The molecule has 3 aliphatic rings. The number of nitrogens with one attached hydrogen (secondary N) is 1. The van der Waals surface area contributed by atoms with Gasteiger partial charge in [-0.15, -0.1) is 24.0 Å². The second-order valence-corrected chi connectivity index (χ2v) is 8.09. The smallest absolute Gasteiger partial charge is 0.193 e. The summed E-state index contributed by atoms with van der Waals surface area (Å²) in [7, 11) is 1.94. The van der Waals surface area contributed by atoms with Crippen molar-refractivity contribution in [1.29, 1.82) is 0 Å². The van der Waals surface area contributed by atoms with Gasteiger partial charge in [0.15, 0.2) is 5.96 Å². The Morgan fingerprint density at radius 1 is 1.15 bits per heavy atom. The summed E-state index contributed by atoms with van der Waals surface area (Å²) >= 11 is 0. The Kier molecular flexibility index (Phi) is 7.20. The fourth-order valence-electron chi connectivity index (χ4n) is 4.53. The lowest BCUT2D eigenvalue weighted by atomic mass is 10.1. The molecule has 0 amide bonds. The molecular formula is C21H33IN4. The van der Waals surface area contributed by atoms with Crippen LogP contribution in [0.5, 0.6) is 0 Å². The summed E-state index contributed by atoms with van der Waals surface area (Å²) in [5.41, 5.74) is 1.46. The quantitative estimate of drug-likeness (QED) is 0.409. The Labute approximate surface area is 175 Å². The Morgan fingerprint density at radius 2 is 1.92 bits per heavy atom. The highest BCUT2D eigenvalue weighted by atomic mass is 127. The van der Waals surface area contributed by atoms with Gasteiger partial charge in [0, 0.05) is 32.7 Å². The number of guanidine groups is 1. The maximum atomic E-state index is 4.58. The van der Waals surface area contributed by atoms with Gasteiger partial charge in [0.05, 0.1) is 0 Å². The van der Waals surface area contributed by atoms with E-state index in [4.69, 9.17) is 0 Å². The second-order valence-electron chi connectivity index (χ2n) is 8.09. The highest BCUT2D eigenvalue weighted by Gasteiger charge is 2.39. The minimum atomic E-state index is 0. The van der Waals surface area contributed by atoms with Crippen molar-refractivity contribution in [3.8, 4) is 0 Å². The van der Waals surface area contributed by atoms with Gasteiger partial charge in [-0.1, -0.05) is 30.3 Å². The van der Waals surface area contributed by atoms with Crippen LogP contribution in [0.2, 0.25) is 0 Å². The van der Waals surface area contributed by atoms with Crippen LogP contribution in [0.4, 0.5) is 0 Å². The first-order chi connectivity index (χ1) is 12.3. The fourth-order valence-corrected chi connectivity index (χ4v) is 4.53. The number of halogens is 1. The molecule has 0 aromatic heterocycles. The topological polar surface area (TPSA) is 30.9 Å². The van der Waals surface area contributed by atoms with Gasteiger partial charge in [-0.2, -0.15) is 0 Å². The lowest BCUT2D eigenvalue weighted by Crippen LogP contribution is -2.42. The van der Waals surface area contributed by atoms with Crippen molar-refractivity contribution in [1.82, 2.24) is 15.1 Å². The van der Waals surface area contributed by atoms with Gasteiger partial charge in [0.2, 0.25) is 0 Å². The summed E-state index contributed by atoms with van der Waals surface area (Å²) in [5, 5.41) is 3.73. The molecule has 1 N–H and O–H groups in total. The first kappa shape index (κ1) is 19.9. The number of benzene rings is 1. The van der Waals surface area contributed by atoms with E-state index in [2.05, 4.69) is 50.4 Å². The van der Waals surface area contributed by atoms with E-state index in [-0.39, 0.29) is 24.0 Å². The molecule has 4 nitrogen and oxygen atoms in total. The summed E-state index contributed by atoms with van der Waals surface area (Å²) in [6.45, 7) is 6.24. The maximum absolute atomic E-state index is 4.58. The SMILES string of the molecule is CN=C(NC1CC1Cc1ccccc1)N1CCC(CN2CCCC2)C1.I. The van der Waals surface area contributed by atoms with E-state index in [1.54, 1.807) is 0 Å². The van der Waals surface area contributed by atoms with E-state index in [1.165, 1.54) is 63.8 Å². The van der Waals surface area contributed by atoms with Crippen molar-refractivity contribution < 1.29 is 0 Å². The Hall–Kier alpha value is -0.820. The number of hydrogen-bond donors (Lipinski definition) is 1. The van der Waals surface area contributed by atoms with Crippen LogP contribution in [-0.4, -0.2) is 61.6 Å². The number of hydrogen-bond acceptors (Lipinski definition) is 2. The van der Waals surface area contributed by atoms with Gasteiger partial charge in [0.25, 0.3) is 0 Å². The zero-order chi connectivity index (χ0) is 17.1. The molecule has 144 valence electrons. The van der Waals surface area contributed by atoms with Gasteiger partial charge in [-0.25, -0.2) is 0 Å². The number of rotatable bonds is 5. The van der Waals surface area contributed by atoms with Gasteiger partial charge >= 0.3 is 0 Å². The van der Waals surface area contributed by atoms with Crippen LogP contribution in [-0.2, 0) is 6.42 Å². The van der Waals surface area contributed by atoms with Crippen LogP contribution in [0, 0.1) is 11.8 Å². The number of likely N-dealkylation sites (tertiary alicyclic amines) is 2. The monoisotopic (exact) mass is 468 g/mol. The zero-order valence-electron chi connectivity index (χ0n) is 15.9. The molecule has 0 spiro atoms. The van der Waals surface area contributed by atoms with Crippen LogP contribution in [0.3, 0.4) is 0 Å². The minimum absolute atomic E-state index is 0. The first-order valence-corrected chi connectivity index (χ1v) is 10.1. The molecule has 1 aromatic carbocycles. The summed E-state index contributed by atoms with van der Waals surface area (Å²) in [5.74, 6) is 2.71. The van der Waals surface area contributed by atoms with Gasteiger partial charge in [-0.3, -0.25) is 4.99 Å². The predicted octanol–water partition coefficient (Wildman–Crippen LogP) is 3.23. The van der Waals surface area contributed by atoms with E-state index in [0.717, 1.165) is 24.3 Å². The fraction of sp³-hybridized carbons (Fsp3) is 0.667. The van der Waals surface area contributed by atoms with E-state index in [9.17, 15) is 0 Å². The Bertz CT molecular complexity index is 585. The summed E-state index contributed by atoms with van der Waals surface area (Å²) in [6.07, 6.45) is 6.57. The lowest BCUT2D eigenvalue weighted by molar-refractivity contribution is 0.281. The van der Waals surface area contributed by atoms with Crippen molar-refractivity contribution in [2.24, 2.45) is 16.8 Å². The molecule has 26 heavy (non-hydrogen) atoms. The van der Waals surface area contributed by atoms with Crippen molar-refractivity contribution in [3.63, 3.8) is 0 Å². The average Bonchev–Trinajstić information content (AvgIpc) is 3.04. The summed E-state index contributed by atoms with van der Waals surface area (Å²) in [6, 6.07) is 11.5. The van der Waals surface area contributed by atoms with Gasteiger partial charge in [-0.05, 0) is 62.6 Å². The van der Waals surface area contributed by atoms with Crippen LogP contribution < -0.4 is 5.32 Å². The average molecular weight is 468 g/mol. The largest absolute Gasteiger partial charge is 0.353 e. The van der Waals surface area contributed by atoms with Crippen molar-refractivity contribution >= 4 is 29.9 Å². The summed E-state index contributed by atoms with van der Waals surface area (Å²) < 4.78 is 0. The molecular weight excluding hydrogens is 435 g/mol. The van der Waals surface area contributed by atoms with E-state index >= 15 is 0 Å². The molecule has 1 aromatic rings. The number of aliphatic imine (C=N–C) groups is 1. The highest BCUT2D eigenvalue weighted by Crippen LogP contribution is 2.34. The zero-order valence-corrected chi connectivity index (χ0v) is 18.3. The van der Waals surface area contributed by atoms with Crippen LogP contribution in [0.15, 0.2) is 35.3 Å². The first-order valence-electron chi connectivity index (χ1n) is 10.1. The summed E-state index contributed by atoms with van der Waals surface area (Å²) in [4.78, 5) is 9.71. The lowest BCUT2D eigenvalue weighted by Gasteiger charge is -2.23. The molecule has 1 aliphatic carbocycles. The Morgan fingerprint density at radius 3 is 2.65 bits per heavy atom. The third-order valence-electron chi connectivity index (χ3n) is 6.09. The molecule has 2 aliphatic heterocycles. The molecule has 3 atom stereocenters. The van der Waals surface area contributed by atoms with Crippen LogP contribution >= 0.6 is 24.0 Å². The van der Waals surface area contributed by atoms with Gasteiger partial charge in [0.1, 0.15) is 0 Å². The molecule has 2 heterocycles. The minimum Gasteiger partial charge on any atom is -0.353 e. The van der Waals surface area contributed by atoms with Crippen molar-refractivity contribution in [2.75, 3.05) is 39.8 Å². The molecule has 0 bridgehead atoms. The third-order valence-corrected chi connectivity index (χ3v) is 6.09. The highest BCUT2D eigenvalue weighted by molar-refractivity contribution is 14.0. The normalized spacial score (nSPS) is 28.9. The van der Waals surface area contributed by atoms with Crippen molar-refractivity contribution in [2.45, 2.75) is 38.1 Å². The van der Waals surface area contributed by atoms with E-state index < -0.39 is 0 Å². The molecule has 3 fully saturated rings.